The van der Waals surface area contributed by atoms with Crippen molar-refractivity contribution in [1.29, 1.82) is 0 Å². The van der Waals surface area contributed by atoms with Crippen molar-refractivity contribution in [1.82, 2.24) is 4.90 Å². The number of rotatable bonds is 3. The molecule has 0 saturated heterocycles. The SMILES string of the molecule is CC.CC(C)c1ccc(-c2cccc(C=O)c2)s1.CN(C)C. The summed E-state index contributed by atoms with van der Waals surface area (Å²) in [7, 11) is 6.00. The van der Waals surface area contributed by atoms with E-state index in [0.29, 0.717) is 5.92 Å². The first kappa shape index (κ1) is 20.6. The van der Waals surface area contributed by atoms with E-state index in [2.05, 4.69) is 26.0 Å². The first-order chi connectivity index (χ1) is 10.4. The highest BCUT2D eigenvalue weighted by Gasteiger charge is 2.05. The van der Waals surface area contributed by atoms with Gasteiger partial charge in [0.15, 0.2) is 0 Å². The molecule has 2 nitrogen and oxygen atoms in total. The van der Waals surface area contributed by atoms with Crippen molar-refractivity contribution in [3.63, 3.8) is 0 Å². The molecule has 0 amide bonds. The van der Waals surface area contributed by atoms with Crippen molar-refractivity contribution in [3.8, 4) is 10.4 Å². The summed E-state index contributed by atoms with van der Waals surface area (Å²) in [6.45, 7) is 8.38. The molecule has 0 aliphatic heterocycles. The Labute approximate surface area is 139 Å². The predicted octanol–water partition coefficient (Wildman–Crippen LogP) is 5.56. The zero-order chi connectivity index (χ0) is 17.1. The minimum atomic E-state index is 0.563. The number of hydrogen-bond acceptors (Lipinski definition) is 3. The lowest BCUT2D eigenvalue weighted by molar-refractivity contribution is 0.112. The molecule has 0 bridgehead atoms. The fraction of sp³-hybridized carbons (Fsp3) is 0.421. The van der Waals surface area contributed by atoms with Crippen LogP contribution in [0.3, 0.4) is 0 Å². The molecule has 1 heterocycles. The molecule has 0 spiro atoms. The van der Waals surface area contributed by atoms with Crippen LogP contribution in [-0.2, 0) is 0 Å². The minimum Gasteiger partial charge on any atom is -0.312 e. The third-order valence-corrected chi connectivity index (χ3v) is 3.94. The molecule has 0 aliphatic rings. The second-order valence-corrected chi connectivity index (χ2v) is 6.56. The van der Waals surface area contributed by atoms with Crippen molar-refractivity contribution in [3.05, 3.63) is 46.8 Å². The van der Waals surface area contributed by atoms with Gasteiger partial charge in [-0.2, -0.15) is 0 Å². The second-order valence-electron chi connectivity index (χ2n) is 5.44. The maximum atomic E-state index is 10.7. The van der Waals surface area contributed by atoms with Gasteiger partial charge in [-0.15, -0.1) is 11.3 Å². The monoisotopic (exact) mass is 319 g/mol. The second kappa shape index (κ2) is 11.2. The zero-order valence-electron chi connectivity index (χ0n) is 14.9. The number of carbonyl (C=O) groups is 1. The molecule has 1 aromatic heterocycles. The molecule has 1 aromatic carbocycles. The Hall–Kier alpha value is -1.45. The summed E-state index contributed by atoms with van der Waals surface area (Å²) in [5.41, 5.74) is 1.86. The fourth-order valence-corrected chi connectivity index (χ4v) is 2.59. The minimum absolute atomic E-state index is 0.563. The van der Waals surface area contributed by atoms with E-state index in [1.54, 1.807) is 11.3 Å². The van der Waals surface area contributed by atoms with Gasteiger partial charge in [-0.1, -0.05) is 45.9 Å². The smallest absolute Gasteiger partial charge is 0.150 e. The first-order valence-electron chi connectivity index (χ1n) is 7.70. The molecule has 3 heteroatoms. The van der Waals surface area contributed by atoms with E-state index >= 15 is 0 Å². The van der Waals surface area contributed by atoms with Gasteiger partial charge >= 0.3 is 0 Å². The van der Waals surface area contributed by atoms with E-state index in [9.17, 15) is 4.79 Å². The normalized spacial score (nSPS) is 9.68. The van der Waals surface area contributed by atoms with E-state index < -0.39 is 0 Å². The molecule has 2 aromatic rings. The first-order valence-corrected chi connectivity index (χ1v) is 8.52. The van der Waals surface area contributed by atoms with Crippen LogP contribution in [0.25, 0.3) is 10.4 Å². The molecule has 0 fully saturated rings. The van der Waals surface area contributed by atoms with E-state index in [1.807, 2.05) is 64.2 Å². The lowest BCUT2D eigenvalue weighted by Crippen LogP contribution is -1.99. The molecule has 0 atom stereocenters. The maximum Gasteiger partial charge on any atom is 0.150 e. The van der Waals surface area contributed by atoms with Crippen LogP contribution in [0, 0.1) is 0 Å². The van der Waals surface area contributed by atoms with Crippen LogP contribution in [-0.4, -0.2) is 32.3 Å². The lowest BCUT2D eigenvalue weighted by Gasteiger charge is -2.00. The van der Waals surface area contributed by atoms with Crippen LogP contribution in [0.4, 0.5) is 0 Å². The number of nitrogens with zero attached hydrogens (tertiary/aromatic N) is 1. The van der Waals surface area contributed by atoms with E-state index in [4.69, 9.17) is 0 Å². The molecule has 0 N–H and O–H groups in total. The molecule has 0 aliphatic carbocycles. The van der Waals surface area contributed by atoms with Gasteiger partial charge in [0.05, 0.1) is 0 Å². The Morgan fingerprint density at radius 3 is 2.09 bits per heavy atom. The van der Waals surface area contributed by atoms with Crippen molar-refractivity contribution < 1.29 is 4.79 Å². The van der Waals surface area contributed by atoms with Crippen molar-refractivity contribution in [2.45, 2.75) is 33.6 Å². The van der Waals surface area contributed by atoms with Crippen LogP contribution in [0.2, 0.25) is 0 Å². The summed E-state index contributed by atoms with van der Waals surface area (Å²) in [5, 5.41) is 0. The van der Waals surface area contributed by atoms with Gasteiger partial charge in [0.1, 0.15) is 6.29 Å². The highest BCUT2D eigenvalue weighted by molar-refractivity contribution is 7.15. The fourth-order valence-electron chi connectivity index (χ4n) is 1.58. The Morgan fingerprint density at radius 2 is 1.64 bits per heavy atom. The summed E-state index contributed by atoms with van der Waals surface area (Å²) in [5.74, 6) is 0.563. The predicted molar refractivity (Wildman–Crippen MR) is 100 cm³/mol. The quantitative estimate of drug-likeness (QED) is 0.691. The zero-order valence-corrected chi connectivity index (χ0v) is 15.7. The molecule has 122 valence electrons. The number of thiophene rings is 1. The molecule has 22 heavy (non-hydrogen) atoms. The van der Waals surface area contributed by atoms with E-state index in [-0.39, 0.29) is 0 Å². The van der Waals surface area contributed by atoms with Crippen LogP contribution in [0.15, 0.2) is 36.4 Å². The van der Waals surface area contributed by atoms with Crippen LogP contribution in [0.5, 0.6) is 0 Å². The van der Waals surface area contributed by atoms with E-state index in [1.165, 1.54) is 9.75 Å². The molecular weight excluding hydrogens is 290 g/mol. The number of aldehydes is 1. The van der Waals surface area contributed by atoms with Crippen LogP contribution < -0.4 is 0 Å². The Morgan fingerprint density at radius 1 is 1.05 bits per heavy atom. The third kappa shape index (κ3) is 7.53. The summed E-state index contributed by atoms with van der Waals surface area (Å²) in [6, 6.07) is 12.0. The van der Waals surface area contributed by atoms with Crippen molar-refractivity contribution >= 4 is 17.6 Å². The summed E-state index contributed by atoms with van der Waals surface area (Å²) in [4.78, 5) is 15.3. The highest BCUT2D eigenvalue weighted by atomic mass is 32.1. The van der Waals surface area contributed by atoms with Crippen molar-refractivity contribution in [2.24, 2.45) is 0 Å². The van der Waals surface area contributed by atoms with Crippen LogP contribution >= 0.6 is 11.3 Å². The summed E-state index contributed by atoms with van der Waals surface area (Å²) in [6.07, 6.45) is 0.889. The highest BCUT2D eigenvalue weighted by Crippen LogP contribution is 2.32. The molecule has 0 saturated carbocycles. The Bertz CT molecular complexity index is 541. The molecule has 0 unspecified atom stereocenters. The Balaban J connectivity index is 0.000000640. The number of benzene rings is 1. The average Bonchev–Trinajstić information content (AvgIpc) is 2.99. The molecule has 0 radical (unpaired) electrons. The third-order valence-electron chi connectivity index (χ3n) is 2.50. The lowest BCUT2D eigenvalue weighted by atomic mass is 10.1. The molecule has 2 rings (SSSR count). The molecular formula is C19H29NOS. The summed E-state index contributed by atoms with van der Waals surface area (Å²) < 4.78 is 0. The average molecular weight is 320 g/mol. The number of hydrogen-bond donors (Lipinski definition) is 0. The largest absolute Gasteiger partial charge is 0.312 e. The van der Waals surface area contributed by atoms with Crippen molar-refractivity contribution in [2.75, 3.05) is 21.1 Å². The Kier molecular flexibility index (Phi) is 10.4. The standard InChI is InChI=1S/C14H14OS.C3H9N.C2H6/c1-10(2)13-6-7-14(16-13)12-5-3-4-11(8-12)9-15;1-4(2)3;1-2/h3-10H,1-2H3;1-3H3;1-2H3. The maximum absolute atomic E-state index is 10.7. The van der Waals surface area contributed by atoms with Gasteiger partial charge in [0, 0.05) is 15.3 Å². The topological polar surface area (TPSA) is 20.3 Å². The summed E-state index contributed by atoms with van der Waals surface area (Å²) >= 11 is 1.80. The van der Waals surface area contributed by atoms with E-state index in [0.717, 1.165) is 17.4 Å². The van der Waals surface area contributed by atoms with Gasteiger partial charge in [0.25, 0.3) is 0 Å². The van der Waals surface area contributed by atoms with Crippen LogP contribution in [0.1, 0.15) is 48.8 Å². The van der Waals surface area contributed by atoms with Gasteiger partial charge in [-0.05, 0) is 50.8 Å². The number of carbonyl (C=O) groups excluding carboxylic acids is 1. The van der Waals surface area contributed by atoms with Gasteiger partial charge in [0.2, 0.25) is 0 Å². The van der Waals surface area contributed by atoms with Gasteiger partial charge in [-0.25, -0.2) is 0 Å². The van der Waals surface area contributed by atoms with Gasteiger partial charge in [-0.3, -0.25) is 4.79 Å². The van der Waals surface area contributed by atoms with Gasteiger partial charge < -0.3 is 4.90 Å².